The summed E-state index contributed by atoms with van der Waals surface area (Å²) in [7, 11) is 0. The van der Waals surface area contributed by atoms with E-state index in [1.165, 1.54) is 0 Å². The van der Waals surface area contributed by atoms with Crippen LogP contribution in [0.25, 0.3) is 0 Å². The van der Waals surface area contributed by atoms with Gasteiger partial charge < -0.3 is 4.90 Å². The van der Waals surface area contributed by atoms with Crippen molar-refractivity contribution in [2.75, 3.05) is 26.2 Å². The average Bonchev–Trinajstić information content (AvgIpc) is 3.02. The van der Waals surface area contributed by atoms with Crippen molar-refractivity contribution < 1.29 is 4.79 Å². The molecule has 0 saturated carbocycles. The minimum absolute atomic E-state index is 0.0701. The van der Waals surface area contributed by atoms with Crippen molar-refractivity contribution in [3.8, 4) is 0 Å². The van der Waals surface area contributed by atoms with E-state index in [0.29, 0.717) is 12.2 Å². The first-order chi connectivity index (χ1) is 12.0. The SMILES string of the molecule is CCn1nc(C)c(Br)c1C(=O)N1CCCN(Cc2csc(C)n2)CC1. The van der Waals surface area contributed by atoms with Crippen LogP contribution in [0.5, 0.6) is 0 Å². The molecule has 8 heteroatoms. The maximum absolute atomic E-state index is 13.0. The van der Waals surface area contributed by atoms with Gasteiger partial charge in [0.25, 0.3) is 5.91 Å². The Balaban J connectivity index is 1.67. The first-order valence-corrected chi connectivity index (χ1v) is 10.3. The van der Waals surface area contributed by atoms with Crippen LogP contribution in [0.15, 0.2) is 9.85 Å². The van der Waals surface area contributed by atoms with Crippen molar-refractivity contribution in [2.45, 2.75) is 40.3 Å². The molecule has 6 nitrogen and oxygen atoms in total. The topological polar surface area (TPSA) is 54.3 Å². The number of aromatic nitrogens is 3. The maximum atomic E-state index is 13.0. The molecule has 1 fully saturated rings. The summed E-state index contributed by atoms with van der Waals surface area (Å²) >= 11 is 5.23. The van der Waals surface area contributed by atoms with Gasteiger partial charge in [-0.25, -0.2) is 4.98 Å². The Morgan fingerprint density at radius 1 is 1.28 bits per heavy atom. The van der Waals surface area contributed by atoms with Gasteiger partial charge in [0.2, 0.25) is 0 Å². The highest BCUT2D eigenvalue weighted by Gasteiger charge is 2.26. The highest BCUT2D eigenvalue weighted by Crippen LogP contribution is 2.23. The van der Waals surface area contributed by atoms with Crippen molar-refractivity contribution >= 4 is 33.2 Å². The number of nitrogens with zero attached hydrogens (tertiary/aromatic N) is 5. The molecular weight excluding hydrogens is 402 g/mol. The molecule has 2 aromatic heterocycles. The van der Waals surface area contributed by atoms with E-state index in [1.807, 2.05) is 25.7 Å². The number of carbonyl (C=O) groups excluding carboxylic acids is 1. The van der Waals surface area contributed by atoms with Gasteiger partial charge in [-0.05, 0) is 43.1 Å². The number of rotatable bonds is 4. The summed E-state index contributed by atoms with van der Waals surface area (Å²) in [4.78, 5) is 21.9. The van der Waals surface area contributed by atoms with Gasteiger partial charge in [-0.15, -0.1) is 11.3 Å². The van der Waals surface area contributed by atoms with E-state index in [1.54, 1.807) is 16.0 Å². The van der Waals surface area contributed by atoms with Gasteiger partial charge in [0.1, 0.15) is 5.69 Å². The zero-order chi connectivity index (χ0) is 18.0. The normalized spacial score (nSPS) is 16.2. The van der Waals surface area contributed by atoms with E-state index in [9.17, 15) is 4.79 Å². The zero-order valence-corrected chi connectivity index (χ0v) is 17.4. The minimum Gasteiger partial charge on any atom is -0.336 e. The lowest BCUT2D eigenvalue weighted by Gasteiger charge is -2.22. The Labute approximate surface area is 161 Å². The van der Waals surface area contributed by atoms with Gasteiger partial charge in [0.05, 0.1) is 20.9 Å². The van der Waals surface area contributed by atoms with Crippen molar-refractivity contribution in [1.82, 2.24) is 24.6 Å². The molecule has 3 rings (SSSR count). The minimum atomic E-state index is 0.0701. The summed E-state index contributed by atoms with van der Waals surface area (Å²) in [5.74, 6) is 0.0701. The Morgan fingerprint density at radius 3 is 2.76 bits per heavy atom. The average molecular weight is 426 g/mol. The van der Waals surface area contributed by atoms with Crippen LogP contribution < -0.4 is 0 Å². The number of carbonyl (C=O) groups is 1. The third-order valence-electron chi connectivity index (χ3n) is 4.48. The van der Waals surface area contributed by atoms with E-state index in [0.717, 1.165) is 60.0 Å². The molecule has 1 saturated heterocycles. The molecule has 0 aromatic carbocycles. The Bertz CT molecular complexity index is 756. The quantitative estimate of drug-likeness (QED) is 0.754. The van der Waals surface area contributed by atoms with Crippen molar-refractivity contribution in [1.29, 1.82) is 0 Å². The predicted molar refractivity (Wildman–Crippen MR) is 103 cm³/mol. The summed E-state index contributed by atoms with van der Waals surface area (Å²) in [6, 6.07) is 0. The summed E-state index contributed by atoms with van der Waals surface area (Å²) < 4.78 is 2.61. The largest absolute Gasteiger partial charge is 0.336 e. The van der Waals surface area contributed by atoms with Crippen LogP contribution in [-0.2, 0) is 13.1 Å². The van der Waals surface area contributed by atoms with Gasteiger partial charge in [0, 0.05) is 44.6 Å². The second-order valence-corrected chi connectivity index (χ2v) is 8.20. The molecule has 0 N–H and O–H groups in total. The number of hydrogen-bond acceptors (Lipinski definition) is 5. The van der Waals surface area contributed by atoms with Gasteiger partial charge in [-0.1, -0.05) is 0 Å². The fraction of sp³-hybridized carbons (Fsp3) is 0.588. The zero-order valence-electron chi connectivity index (χ0n) is 15.0. The molecule has 1 amide bonds. The second kappa shape index (κ2) is 7.97. The molecule has 1 aliphatic heterocycles. The molecule has 3 heterocycles. The number of hydrogen-bond donors (Lipinski definition) is 0. The first kappa shape index (κ1) is 18.5. The highest BCUT2D eigenvalue weighted by molar-refractivity contribution is 9.10. The van der Waals surface area contributed by atoms with Crippen LogP contribution in [0.4, 0.5) is 0 Å². The maximum Gasteiger partial charge on any atom is 0.273 e. The lowest BCUT2D eigenvalue weighted by molar-refractivity contribution is 0.0747. The van der Waals surface area contributed by atoms with Crippen molar-refractivity contribution in [3.05, 3.63) is 31.9 Å². The Morgan fingerprint density at radius 2 is 2.08 bits per heavy atom. The third-order valence-corrected chi connectivity index (χ3v) is 6.26. The number of thiazole rings is 1. The monoisotopic (exact) mass is 425 g/mol. The van der Waals surface area contributed by atoms with Crippen LogP contribution in [0.3, 0.4) is 0 Å². The van der Waals surface area contributed by atoms with Crippen LogP contribution in [0.1, 0.15) is 40.2 Å². The molecule has 2 aromatic rings. The standard InChI is InChI=1S/C17H24BrN5OS/c1-4-23-16(15(18)12(2)20-23)17(24)22-7-5-6-21(8-9-22)10-14-11-25-13(3)19-14/h11H,4-10H2,1-3H3. The summed E-state index contributed by atoms with van der Waals surface area (Å²) in [5, 5.41) is 7.68. The summed E-state index contributed by atoms with van der Waals surface area (Å²) in [6.07, 6.45) is 0.978. The summed E-state index contributed by atoms with van der Waals surface area (Å²) in [6.45, 7) is 10.9. The molecule has 0 radical (unpaired) electrons. The molecule has 0 atom stereocenters. The number of amides is 1. The fourth-order valence-electron chi connectivity index (χ4n) is 3.18. The van der Waals surface area contributed by atoms with Gasteiger partial charge in [0.15, 0.2) is 0 Å². The summed E-state index contributed by atoms with van der Waals surface area (Å²) in [5.41, 5.74) is 2.66. The molecule has 0 spiro atoms. The lowest BCUT2D eigenvalue weighted by Crippen LogP contribution is -2.36. The third kappa shape index (κ3) is 4.12. The van der Waals surface area contributed by atoms with E-state index in [4.69, 9.17) is 0 Å². The lowest BCUT2D eigenvalue weighted by atomic mass is 10.3. The Kier molecular flexibility index (Phi) is 5.91. The molecule has 0 aliphatic carbocycles. The number of aryl methyl sites for hydroxylation is 3. The highest BCUT2D eigenvalue weighted by atomic mass is 79.9. The van der Waals surface area contributed by atoms with Crippen LogP contribution in [0.2, 0.25) is 0 Å². The fourth-order valence-corrected chi connectivity index (χ4v) is 4.24. The van der Waals surface area contributed by atoms with Crippen LogP contribution >= 0.6 is 27.3 Å². The second-order valence-electron chi connectivity index (χ2n) is 6.34. The molecule has 1 aliphatic rings. The van der Waals surface area contributed by atoms with Gasteiger partial charge in [-0.2, -0.15) is 5.10 Å². The molecule has 0 bridgehead atoms. The van der Waals surface area contributed by atoms with E-state index < -0.39 is 0 Å². The number of halogens is 1. The Hall–Kier alpha value is -1.25. The molecule has 25 heavy (non-hydrogen) atoms. The van der Waals surface area contributed by atoms with Gasteiger partial charge in [-0.3, -0.25) is 14.4 Å². The van der Waals surface area contributed by atoms with Gasteiger partial charge >= 0.3 is 0 Å². The van der Waals surface area contributed by atoms with Crippen LogP contribution in [0, 0.1) is 13.8 Å². The van der Waals surface area contributed by atoms with Crippen molar-refractivity contribution in [2.24, 2.45) is 0 Å². The van der Waals surface area contributed by atoms with Crippen molar-refractivity contribution in [3.63, 3.8) is 0 Å². The van der Waals surface area contributed by atoms with E-state index >= 15 is 0 Å². The van der Waals surface area contributed by atoms with E-state index in [-0.39, 0.29) is 5.91 Å². The molecule has 0 unspecified atom stereocenters. The molecular formula is C17H24BrN5OS. The predicted octanol–water partition coefficient (Wildman–Crippen LogP) is 3.09. The smallest absolute Gasteiger partial charge is 0.273 e. The molecule has 136 valence electrons. The first-order valence-electron chi connectivity index (χ1n) is 8.65. The van der Waals surface area contributed by atoms with E-state index in [2.05, 4.69) is 36.3 Å². The van der Waals surface area contributed by atoms with Crippen LogP contribution in [-0.4, -0.2) is 56.7 Å².